The summed E-state index contributed by atoms with van der Waals surface area (Å²) in [5, 5.41) is 0.272. The normalized spacial score (nSPS) is 27.2. The van der Waals surface area contributed by atoms with Gasteiger partial charge < -0.3 is 9.64 Å². The molecule has 2 unspecified atom stereocenters. The van der Waals surface area contributed by atoms with Crippen molar-refractivity contribution in [1.29, 1.82) is 0 Å². The second-order valence-corrected chi connectivity index (χ2v) is 6.11. The Labute approximate surface area is 98.9 Å². The van der Waals surface area contributed by atoms with Crippen molar-refractivity contribution in [2.45, 2.75) is 57.1 Å². The molecular weight excluding hydrogens is 210 g/mol. The molecule has 1 rings (SSSR count). The Bertz CT molecular complexity index is 194. The fraction of sp³-hybridized carbons (Fsp3) is 1.00. The van der Waals surface area contributed by atoms with Gasteiger partial charge in [0.25, 0.3) is 0 Å². The first-order valence-corrected chi connectivity index (χ1v) is 6.33. The number of likely N-dealkylation sites (N-methyl/N-ethyl adjacent to an activating group) is 1. The summed E-state index contributed by atoms with van der Waals surface area (Å²) in [6, 6.07) is 0. The molecule has 0 radical (unpaired) electrons. The maximum Gasteiger partial charge on any atom is 0.0710 e. The number of hydrogen-bond donors (Lipinski definition) is 0. The number of nitrogens with zero attached hydrogens (tertiary/aromatic N) is 1. The lowest BCUT2D eigenvalue weighted by molar-refractivity contribution is -0.0260. The van der Waals surface area contributed by atoms with Crippen LogP contribution in [0.5, 0.6) is 0 Å². The van der Waals surface area contributed by atoms with Crippen molar-refractivity contribution >= 4 is 11.6 Å². The Kier molecular flexibility index (Phi) is 4.88. The van der Waals surface area contributed by atoms with E-state index in [2.05, 4.69) is 25.8 Å². The van der Waals surface area contributed by atoms with Gasteiger partial charge in [-0.25, -0.2) is 0 Å². The molecule has 2 atom stereocenters. The highest BCUT2D eigenvalue weighted by Gasteiger charge is 2.31. The van der Waals surface area contributed by atoms with Crippen LogP contribution in [0.15, 0.2) is 0 Å². The van der Waals surface area contributed by atoms with E-state index in [-0.39, 0.29) is 11.0 Å². The molecule has 0 aliphatic carbocycles. The van der Waals surface area contributed by atoms with Gasteiger partial charge in [-0.2, -0.15) is 0 Å². The summed E-state index contributed by atoms with van der Waals surface area (Å²) in [6.07, 6.45) is 3.83. The van der Waals surface area contributed by atoms with Gasteiger partial charge in [-0.15, -0.1) is 11.6 Å². The van der Waals surface area contributed by atoms with Gasteiger partial charge in [-0.3, -0.25) is 0 Å². The molecule has 1 heterocycles. The summed E-state index contributed by atoms with van der Waals surface area (Å²) < 4.78 is 5.95. The highest BCUT2D eigenvalue weighted by atomic mass is 35.5. The van der Waals surface area contributed by atoms with Crippen LogP contribution in [0.2, 0.25) is 0 Å². The summed E-state index contributed by atoms with van der Waals surface area (Å²) in [5.41, 5.74) is 0.0886. The van der Waals surface area contributed by atoms with Gasteiger partial charge >= 0.3 is 0 Å². The second kappa shape index (κ2) is 5.51. The molecule has 90 valence electrons. The van der Waals surface area contributed by atoms with E-state index in [4.69, 9.17) is 16.3 Å². The molecule has 3 heteroatoms. The van der Waals surface area contributed by atoms with E-state index >= 15 is 0 Å². The van der Waals surface area contributed by atoms with Gasteiger partial charge in [-0.1, -0.05) is 0 Å². The van der Waals surface area contributed by atoms with Crippen LogP contribution >= 0.6 is 11.6 Å². The Balaban J connectivity index is 2.19. The van der Waals surface area contributed by atoms with Gasteiger partial charge in [0.1, 0.15) is 0 Å². The molecule has 15 heavy (non-hydrogen) atoms. The smallest absolute Gasteiger partial charge is 0.0710 e. The quantitative estimate of drug-likeness (QED) is 0.678. The predicted octanol–water partition coefficient (Wildman–Crippen LogP) is 2.89. The molecule has 0 bridgehead atoms. The molecule has 1 aliphatic rings. The van der Waals surface area contributed by atoms with Crippen LogP contribution < -0.4 is 0 Å². The van der Waals surface area contributed by atoms with E-state index in [1.807, 2.05) is 6.92 Å². The molecule has 0 amide bonds. The topological polar surface area (TPSA) is 12.5 Å². The molecule has 2 nitrogen and oxygen atoms in total. The molecule has 0 aromatic carbocycles. The third-order valence-electron chi connectivity index (χ3n) is 2.98. The maximum absolute atomic E-state index is 5.95. The fourth-order valence-corrected chi connectivity index (χ4v) is 2.14. The minimum atomic E-state index is 0.0886. The average molecular weight is 234 g/mol. The van der Waals surface area contributed by atoms with Crippen molar-refractivity contribution in [3.8, 4) is 0 Å². The van der Waals surface area contributed by atoms with Crippen LogP contribution in [0.1, 0.15) is 40.0 Å². The Hall–Kier alpha value is 0.210. The van der Waals surface area contributed by atoms with Gasteiger partial charge in [0.15, 0.2) is 0 Å². The third kappa shape index (κ3) is 5.19. The van der Waals surface area contributed by atoms with Crippen molar-refractivity contribution in [2.75, 3.05) is 20.1 Å². The zero-order valence-corrected chi connectivity index (χ0v) is 11.2. The van der Waals surface area contributed by atoms with Crippen LogP contribution in [0.25, 0.3) is 0 Å². The van der Waals surface area contributed by atoms with Crippen LogP contribution in [0, 0.1) is 0 Å². The highest BCUT2D eigenvalue weighted by Crippen LogP contribution is 2.29. The Morgan fingerprint density at radius 3 is 2.67 bits per heavy atom. The fourth-order valence-electron chi connectivity index (χ4n) is 2.04. The number of rotatable bonds is 5. The number of alkyl halides is 1. The molecular formula is C12H24ClNO. The molecule has 0 aromatic heterocycles. The summed E-state index contributed by atoms with van der Waals surface area (Å²) in [7, 11) is 2.15. The second-order valence-electron chi connectivity index (χ2n) is 5.37. The lowest BCUT2D eigenvalue weighted by Crippen LogP contribution is -2.32. The van der Waals surface area contributed by atoms with Crippen LogP contribution in [-0.2, 0) is 4.74 Å². The van der Waals surface area contributed by atoms with Crippen molar-refractivity contribution in [1.82, 2.24) is 4.90 Å². The standard InChI is InChI=1S/C12H24ClNO/c1-10(13)6-8-14(4)9-11-5-7-12(2,3)15-11/h10-11H,5-9H2,1-4H3. The van der Waals surface area contributed by atoms with E-state index in [0.29, 0.717) is 6.10 Å². The Morgan fingerprint density at radius 2 is 2.20 bits per heavy atom. The molecule has 1 fully saturated rings. The largest absolute Gasteiger partial charge is 0.371 e. The van der Waals surface area contributed by atoms with Crippen molar-refractivity contribution in [3.05, 3.63) is 0 Å². The minimum absolute atomic E-state index is 0.0886. The minimum Gasteiger partial charge on any atom is -0.371 e. The van der Waals surface area contributed by atoms with Crippen molar-refractivity contribution in [3.63, 3.8) is 0 Å². The van der Waals surface area contributed by atoms with Crippen molar-refractivity contribution < 1.29 is 4.74 Å². The summed E-state index contributed by atoms with van der Waals surface area (Å²) >= 11 is 5.93. The molecule has 0 saturated carbocycles. The maximum atomic E-state index is 5.95. The van der Waals surface area contributed by atoms with E-state index < -0.39 is 0 Å². The molecule has 0 N–H and O–H groups in total. The third-order valence-corrected chi connectivity index (χ3v) is 3.20. The van der Waals surface area contributed by atoms with Crippen LogP contribution in [0.3, 0.4) is 0 Å². The SMILES string of the molecule is CC(Cl)CCN(C)CC1CCC(C)(C)O1. The van der Waals surface area contributed by atoms with Gasteiger partial charge in [0.05, 0.1) is 11.7 Å². The Morgan fingerprint density at radius 1 is 1.53 bits per heavy atom. The number of ether oxygens (including phenoxy) is 1. The van der Waals surface area contributed by atoms with Gasteiger partial charge in [-0.05, 0) is 53.6 Å². The summed E-state index contributed by atoms with van der Waals surface area (Å²) in [4.78, 5) is 2.32. The zero-order chi connectivity index (χ0) is 11.5. The van der Waals surface area contributed by atoms with Crippen LogP contribution in [-0.4, -0.2) is 42.1 Å². The lowest BCUT2D eigenvalue weighted by Gasteiger charge is -2.24. The van der Waals surface area contributed by atoms with E-state index in [9.17, 15) is 0 Å². The first-order chi connectivity index (χ1) is 6.89. The average Bonchev–Trinajstić information content (AvgIpc) is 2.42. The summed E-state index contributed by atoms with van der Waals surface area (Å²) in [6.45, 7) is 8.49. The summed E-state index contributed by atoms with van der Waals surface area (Å²) in [5.74, 6) is 0. The number of hydrogen-bond acceptors (Lipinski definition) is 2. The highest BCUT2D eigenvalue weighted by molar-refractivity contribution is 6.20. The molecule has 0 aromatic rings. The zero-order valence-electron chi connectivity index (χ0n) is 10.4. The number of halogens is 1. The first-order valence-electron chi connectivity index (χ1n) is 5.89. The van der Waals surface area contributed by atoms with Crippen molar-refractivity contribution in [2.24, 2.45) is 0 Å². The van der Waals surface area contributed by atoms with Crippen LogP contribution in [0.4, 0.5) is 0 Å². The molecule has 1 aliphatic heterocycles. The van der Waals surface area contributed by atoms with E-state index in [1.54, 1.807) is 0 Å². The predicted molar refractivity (Wildman–Crippen MR) is 65.6 cm³/mol. The molecule has 1 saturated heterocycles. The monoisotopic (exact) mass is 233 g/mol. The van der Waals surface area contributed by atoms with E-state index in [0.717, 1.165) is 19.5 Å². The van der Waals surface area contributed by atoms with E-state index in [1.165, 1.54) is 12.8 Å². The lowest BCUT2D eigenvalue weighted by atomic mass is 10.1. The van der Waals surface area contributed by atoms with Gasteiger partial charge in [0, 0.05) is 11.9 Å². The van der Waals surface area contributed by atoms with Gasteiger partial charge in [0.2, 0.25) is 0 Å². The molecule has 0 spiro atoms. The first kappa shape index (κ1) is 13.3.